The van der Waals surface area contributed by atoms with E-state index < -0.39 is 0 Å². The topological polar surface area (TPSA) is 427 Å². The van der Waals surface area contributed by atoms with Crippen molar-refractivity contribution in [3.05, 3.63) is 293 Å². The summed E-state index contributed by atoms with van der Waals surface area (Å²) in [4.78, 5) is 60.6. The first-order chi connectivity index (χ1) is 51.2. The normalized spacial score (nSPS) is 10.3. The van der Waals surface area contributed by atoms with E-state index in [1.807, 2.05) is 124 Å². The summed E-state index contributed by atoms with van der Waals surface area (Å²) in [6, 6.07) is 74.5. The molecule has 0 bridgehead atoms. The van der Waals surface area contributed by atoms with Gasteiger partial charge in [-0.2, -0.15) is 26.1 Å². The van der Waals surface area contributed by atoms with E-state index in [0.29, 0.717) is 68.3 Å². The molecule has 31 heteroatoms. The molecular weight excluding hydrogens is 1330 g/mol. The van der Waals surface area contributed by atoms with E-state index in [0.717, 1.165) is 67.3 Å². The van der Waals surface area contributed by atoms with Crippen molar-refractivity contribution in [3.63, 3.8) is 0 Å². The molecule has 0 aliphatic rings. The van der Waals surface area contributed by atoms with Gasteiger partial charge in [0.15, 0.2) is 0 Å². The minimum atomic E-state index is -0.190. The van der Waals surface area contributed by atoms with E-state index in [1.165, 1.54) is 0 Å². The number of aryl methyl sites for hydroxylation is 3. The molecule has 0 aliphatic heterocycles. The SMILES string of the molecule is COc1ccc(NC(=O)c2ccc(-c3nn[nH]n3)cc2)cc1.Cc1ccc(NC(=O)c2ccc(-c3nn[nH]n3)cc2)cc1.Cc1ccc(NC(=O)c2ccc(-c3nn[nH]n3)cc2)cc1.Cc1ccc(NC(=O)c2ccc(-c3nn[nH]n3)cc2)cc1.O=C(Nc1ccc(-c2nn[nH]n2)cc1)c1ccccc1. The molecule has 0 aliphatic carbocycles. The molecule has 0 saturated heterocycles. The molecule has 15 rings (SSSR count). The third-order valence-electron chi connectivity index (χ3n) is 15.1. The first-order valence-electron chi connectivity index (χ1n) is 31.9. The number of aromatic amines is 5. The number of carbonyl (C=O) groups is 5. The number of hydrogen-bond acceptors (Lipinski definition) is 21. The van der Waals surface area contributed by atoms with E-state index in [2.05, 4.69) is 130 Å². The lowest BCUT2D eigenvalue weighted by atomic mass is 10.1. The fourth-order valence-electron chi connectivity index (χ4n) is 9.40. The number of tetrazole rings is 5. The molecule has 31 nitrogen and oxygen atoms in total. The number of aromatic nitrogens is 20. The van der Waals surface area contributed by atoms with Crippen LogP contribution in [0.25, 0.3) is 56.9 Å². The van der Waals surface area contributed by atoms with Crippen LogP contribution in [-0.4, -0.2) is 140 Å². The van der Waals surface area contributed by atoms with Crippen molar-refractivity contribution < 1.29 is 28.7 Å². The second-order valence-electron chi connectivity index (χ2n) is 22.5. The number of nitrogens with zero attached hydrogens (tertiary/aromatic N) is 15. The minimum absolute atomic E-state index is 0.141. The molecule has 0 fully saturated rings. The summed E-state index contributed by atoms with van der Waals surface area (Å²) in [6.45, 7) is 6.01. The van der Waals surface area contributed by atoms with Crippen LogP contribution in [0, 0.1) is 20.8 Å². The molecule has 520 valence electrons. The molecule has 10 N–H and O–H groups in total. The van der Waals surface area contributed by atoms with Crippen LogP contribution in [0.4, 0.5) is 28.4 Å². The van der Waals surface area contributed by atoms with Gasteiger partial charge in [0, 0.05) is 84.1 Å². The molecule has 15 aromatic rings. The van der Waals surface area contributed by atoms with Crippen molar-refractivity contribution in [2.75, 3.05) is 33.7 Å². The van der Waals surface area contributed by atoms with Gasteiger partial charge in [0.2, 0.25) is 29.1 Å². The monoisotopic (exact) mass is 1400 g/mol. The first kappa shape index (κ1) is 71.0. The zero-order valence-corrected chi connectivity index (χ0v) is 56.3. The maximum Gasteiger partial charge on any atom is 0.255 e. The van der Waals surface area contributed by atoms with Crippen LogP contribution in [0.1, 0.15) is 68.5 Å². The van der Waals surface area contributed by atoms with Crippen LogP contribution >= 0.6 is 0 Å². The van der Waals surface area contributed by atoms with Gasteiger partial charge in [0.1, 0.15) is 5.75 Å². The number of benzene rings is 10. The summed E-state index contributed by atoms with van der Waals surface area (Å²) in [5.41, 5.74) is 14.1. The molecule has 0 saturated carbocycles. The zero-order chi connectivity index (χ0) is 73.1. The molecule has 5 aromatic heterocycles. The fourth-order valence-corrected chi connectivity index (χ4v) is 9.40. The Balaban J connectivity index is 0.000000131. The second-order valence-corrected chi connectivity index (χ2v) is 22.5. The number of nitrogens with one attached hydrogen (secondary N) is 10. The fraction of sp³-hybridized carbons (Fsp3) is 0.0541. The average molecular weight is 1400 g/mol. The number of H-pyrrole nitrogens is 5. The highest BCUT2D eigenvalue weighted by molar-refractivity contribution is 6.07. The number of carbonyl (C=O) groups excluding carboxylic acids is 5. The molecule has 10 aromatic carbocycles. The highest BCUT2D eigenvalue weighted by Gasteiger charge is 2.14. The van der Waals surface area contributed by atoms with E-state index in [-0.39, 0.29) is 29.5 Å². The maximum absolute atomic E-state index is 12.2. The van der Waals surface area contributed by atoms with E-state index in [4.69, 9.17) is 4.74 Å². The number of hydrogen-bond donors (Lipinski definition) is 10. The standard InChI is InChI=1S/C15H13N5O2.3C15H13N5O.C14H11N5O/c1-22-13-8-6-12(7-9-13)16-15(21)11-4-2-10(3-5-11)14-17-19-20-18-14;3*1-10-2-8-13(9-3-10)16-15(21)12-6-4-11(5-7-12)14-17-19-20-18-14;20-14(11-4-2-1-3-5-11)15-12-8-6-10(7-9-12)13-16-18-19-17-13/h2-9H,1H3,(H,16,21)(H,17,18,19,20);3*2-9H,1H3,(H,16,21)(H,17,18,19,20);1-9H,(H,15,20)(H,16,17,18,19). The molecule has 105 heavy (non-hydrogen) atoms. The molecular formula is C74H63N25O6. The molecule has 5 heterocycles. The Morgan fingerprint density at radius 3 is 0.667 bits per heavy atom. The molecule has 0 atom stereocenters. The summed E-state index contributed by atoms with van der Waals surface area (Å²) in [6.07, 6.45) is 0. The summed E-state index contributed by atoms with van der Waals surface area (Å²) in [5.74, 6) is 2.45. The molecule has 5 amide bonds. The third-order valence-corrected chi connectivity index (χ3v) is 15.1. The number of methoxy groups -OCH3 is 1. The Hall–Kier alpha value is -15.3. The summed E-state index contributed by atoms with van der Waals surface area (Å²) >= 11 is 0. The van der Waals surface area contributed by atoms with E-state index >= 15 is 0 Å². The number of rotatable bonds is 16. The lowest BCUT2D eigenvalue weighted by molar-refractivity contribution is 0.101. The second kappa shape index (κ2) is 35.5. The minimum Gasteiger partial charge on any atom is -0.497 e. The average Bonchev–Trinajstić information content (AvgIpc) is 1.46. The summed E-state index contributed by atoms with van der Waals surface area (Å²) in [7, 11) is 1.60. The van der Waals surface area contributed by atoms with Crippen molar-refractivity contribution >= 4 is 58.0 Å². The first-order valence-corrected chi connectivity index (χ1v) is 31.9. The predicted molar refractivity (Wildman–Crippen MR) is 391 cm³/mol. The van der Waals surface area contributed by atoms with E-state index in [9.17, 15) is 24.0 Å². The van der Waals surface area contributed by atoms with Gasteiger partial charge in [0.05, 0.1) is 7.11 Å². The van der Waals surface area contributed by atoms with Crippen LogP contribution < -0.4 is 31.3 Å². The van der Waals surface area contributed by atoms with Crippen LogP contribution in [0.3, 0.4) is 0 Å². The Morgan fingerprint density at radius 1 is 0.257 bits per heavy atom. The van der Waals surface area contributed by atoms with Gasteiger partial charge in [0.25, 0.3) is 29.5 Å². The Bertz CT molecular complexity index is 4860. The van der Waals surface area contributed by atoms with E-state index in [1.54, 1.807) is 153 Å². The predicted octanol–water partition coefficient (Wildman–Crippen LogP) is 11.5. The molecule has 0 spiro atoms. The summed E-state index contributed by atoms with van der Waals surface area (Å²) in [5, 5.41) is 82.6. The van der Waals surface area contributed by atoms with Gasteiger partial charge in [-0.05, 0) is 192 Å². The van der Waals surface area contributed by atoms with Gasteiger partial charge in [-0.3, -0.25) is 24.0 Å². The van der Waals surface area contributed by atoms with Crippen LogP contribution in [0.2, 0.25) is 0 Å². The lowest BCUT2D eigenvalue weighted by Crippen LogP contribution is -2.11. The number of anilines is 5. The lowest BCUT2D eigenvalue weighted by Gasteiger charge is -2.06. The number of ether oxygens (including phenoxy) is 1. The maximum atomic E-state index is 12.2. The van der Waals surface area contributed by atoms with Crippen molar-refractivity contribution in [2.24, 2.45) is 0 Å². The summed E-state index contributed by atoms with van der Waals surface area (Å²) < 4.78 is 5.08. The van der Waals surface area contributed by atoms with Crippen molar-refractivity contribution in [3.8, 4) is 62.7 Å². The Labute approximate surface area is 597 Å². The molecule has 0 unspecified atom stereocenters. The zero-order valence-electron chi connectivity index (χ0n) is 56.3. The van der Waals surface area contributed by atoms with Gasteiger partial charge >= 0.3 is 0 Å². The van der Waals surface area contributed by atoms with Gasteiger partial charge in [-0.1, -0.05) is 120 Å². The highest BCUT2D eigenvalue weighted by atomic mass is 16.5. The third kappa shape index (κ3) is 20.6. The van der Waals surface area contributed by atoms with Gasteiger partial charge in [-0.15, -0.1) is 51.0 Å². The van der Waals surface area contributed by atoms with Crippen LogP contribution in [0.5, 0.6) is 5.75 Å². The van der Waals surface area contributed by atoms with Gasteiger partial charge < -0.3 is 31.3 Å². The van der Waals surface area contributed by atoms with Crippen molar-refractivity contribution in [1.29, 1.82) is 0 Å². The Morgan fingerprint density at radius 2 is 0.457 bits per heavy atom. The Kier molecular flexibility index (Phi) is 24.0. The van der Waals surface area contributed by atoms with Crippen LogP contribution in [-0.2, 0) is 0 Å². The van der Waals surface area contributed by atoms with Crippen molar-refractivity contribution in [2.45, 2.75) is 20.8 Å². The highest BCUT2D eigenvalue weighted by Crippen LogP contribution is 2.23. The van der Waals surface area contributed by atoms with Crippen LogP contribution in [0.15, 0.2) is 249 Å². The quantitative estimate of drug-likeness (QED) is 0.0429. The van der Waals surface area contributed by atoms with Crippen molar-refractivity contribution in [1.82, 2.24) is 103 Å². The van der Waals surface area contributed by atoms with Gasteiger partial charge in [-0.25, -0.2) is 0 Å². The number of amides is 5. The molecule has 0 radical (unpaired) electrons. The largest absolute Gasteiger partial charge is 0.497 e. The smallest absolute Gasteiger partial charge is 0.255 e.